The quantitative estimate of drug-likeness (QED) is 0.769. The van der Waals surface area contributed by atoms with Crippen LogP contribution in [0.1, 0.15) is 49.8 Å². The molecule has 0 aromatic carbocycles. The minimum absolute atomic E-state index is 0.203. The lowest BCUT2D eigenvalue weighted by molar-refractivity contribution is 0.0558. The Hall–Kier alpha value is -1.36. The molecule has 0 radical (unpaired) electrons. The molecule has 1 unspecified atom stereocenters. The molecule has 0 N–H and O–H groups in total. The number of oxazole rings is 1. The second-order valence-corrected chi connectivity index (χ2v) is 5.79. The zero-order valence-electron chi connectivity index (χ0n) is 12.6. The molecule has 19 heavy (non-hydrogen) atoms. The minimum Gasteiger partial charge on any atom is -0.463 e. The van der Waals surface area contributed by atoms with E-state index >= 15 is 0 Å². The van der Waals surface area contributed by atoms with Crippen molar-refractivity contribution in [3.63, 3.8) is 0 Å². The van der Waals surface area contributed by atoms with Crippen LogP contribution in [0.3, 0.4) is 0 Å². The van der Waals surface area contributed by atoms with Gasteiger partial charge in [-0.25, -0.2) is 9.78 Å². The summed E-state index contributed by atoms with van der Waals surface area (Å²) in [7, 11) is 3.00. The molecule has 0 amide bonds. The second kappa shape index (κ2) is 6.19. The summed E-state index contributed by atoms with van der Waals surface area (Å²) in [5, 5.41) is 0. The molecule has 1 atom stereocenters. The predicted molar refractivity (Wildman–Crippen MR) is 71.3 cm³/mol. The van der Waals surface area contributed by atoms with Crippen molar-refractivity contribution in [1.29, 1.82) is 0 Å². The van der Waals surface area contributed by atoms with Gasteiger partial charge in [0.15, 0.2) is 5.89 Å². The first-order chi connectivity index (χ1) is 8.79. The van der Waals surface area contributed by atoms with E-state index in [2.05, 4.69) is 4.98 Å². The number of hydrogen-bond acceptors (Lipinski definition) is 5. The van der Waals surface area contributed by atoms with Gasteiger partial charge in [-0.3, -0.25) is 0 Å². The number of nitrogens with zero attached hydrogens (tertiary/aromatic N) is 1. The van der Waals surface area contributed by atoms with Crippen LogP contribution in [0.15, 0.2) is 4.42 Å². The fraction of sp³-hybridized carbons (Fsp3) is 0.714. The Labute approximate surface area is 114 Å². The van der Waals surface area contributed by atoms with E-state index in [0.29, 0.717) is 24.6 Å². The molecule has 0 saturated carbocycles. The van der Waals surface area contributed by atoms with E-state index in [4.69, 9.17) is 13.9 Å². The van der Waals surface area contributed by atoms with Gasteiger partial charge in [0.05, 0.1) is 12.8 Å². The Kier molecular flexibility index (Phi) is 5.11. The molecule has 5 heteroatoms. The van der Waals surface area contributed by atoms with Crippen LogP contribution in [-0.2, 0) is 21.3 Å². The molecular weight excluding hydrogens is 246 g/mol. The Bertz CT molecular complexity index is 431. The number of carbonyl (C=O) groups excluding carboxylic acids is 1. The van der Waals surface area contributed by atoms with Gasteiger partial charge in [-0.1, -0.05) is 27.7 Å². The third-order valence-electron chi connectivity index (χ3n) is 2.73. The van der Waals surface area contributed by atoms with Crippen LogP contribution in [0.4, 0.5) is 0 Å². The number of carbonyl (C=O) groups is 1. The van der Waals surface area contributed by atoms with Crippen molar-refractivity contribution in [3.05, 3.63) is 17.3 Å². The molecule has 0 aliphatic heterocycles. The molecular formula is C14H23NO4. The average molecular weight is 269 g/mol. The first kappa shape index (κ1) is 15.7. The van der Waals surface area contributed by atoms with Crippen molar-refractivity contribution in [2.24, 2.45) is 5.92 Å². The smallest absolute Gasteiger partial charge is 0.376 e. The van der Waals surface area contributed by atoms with E-state index in [0.717, 1.165) is 0 Å². The molecule has 1 heterocycles. The molecule has 0 aliphatic carbocycles. The zero-order chi connectivity index (χ0) is 14.6. The lowest BCUT2D eigenvalue weighted by Crippen LogP contribution is -2.17. The average Bonchev–Trinajstić information content (AvgIpc) is 2.72. The topological polar surface area (TPSA) is 61.6 Å². The van der Waals surface area contributed by atoms with E-state index < -0.39 is 5.97 Å². The highest BCUT2D eigenvalue weighted by Gasteiger charge is 2.29. The van der Waals surface area contributed by atoms with Crippen LogP contribution >= 0.6 is 0 Å². The number of hydrogen-bond donors (Lipinski definition) is 0. The highest BCUT2D eigenvalue weighted by molar-refractivity contribution is 5.87. The van der Waals surface area contributed by atoms with Crippen molar-refractivity contribution in [2.45, 2.75) is 39.5 Å². The summed E-state index contributed by atoms with van der Waals surface area (Å²) >= 11 is 0. The summed E-state index contributed by atoms with van der Waals surface area (Å²) in [6.45, 7) is 8.63. The lowest BCUT2D eigenvalue weighted by atomic mass is 9.91. The molecule has 0 bridgehead atoms. The molecule has 1 aromatic heterocycles. The maximum Gasteiger partial charge on any atom is 0.376 e. The highest BCUT2D eigenvalue weighted by atomic mass is 16.5. The van der Waals surface area contributed by atoms with Crippen LogP contribution in [0, 0.1) is 5.92 Å². The van der Waals surface area contributed by atoms with E-state index in [1.165, 1.54) is 7.11 Å². The lowest BCUT2D eigenvalue weighted by Gasteiger charge is -2.15. The Morgan fingerprint density at radius 3 is 2.47 bits per heavy atom. The number of aromatic nitrogens is 1. The van der Waals surface area contributed by atoms with Crippen molar-refractivity contribution >= 4 is 5.97 Å². The van der Waals surface area contributed by atoms with E-state index in [-0.39, 0.29) is 17.1 Å². The van der Waals surface area contributed by atoms with Crippen LogP contribution < -0.4 is 0 Å². The number of rotatable bonds is 5. The summed E-state index contributed by atoms with van der Waals surface area (Å²) in [5.74, 6) is 0.550. The van der Waals surface area contributed by atoms with Gasteiger partial charge in [0.2, 0.25) is 5.76 Å². The summed E-state index contributed by atoms with van der Waals surface area (Å²) < 4.78 is 15.4. The molecule has 0 spiro atoms. The van der Waals surface area contributed by atoms with Crippen molar-refractivity contribution in [2.75, 3.05) is 20.8 Å². The molecule has 0 fully saturated rings. The molecule has 0 aliphatic rings. The molecule has 0 saturated heterocycles. The normalized spacial score (nSPS) is 13.4. The van der Waals surface area contributed by atoms with Gasteiger partial charge < -0.3 is 13.9 Å². The van der Waals surface area contributed by atoms with Crippen LogP contribution in [-0.4, -0.2) is 31.8 Å². The van der Waals surface area contributed by atoms with Gasteiger partial charge in [0.1, 0.15) is 0 Å². The summed E-state index contributed by atoms with van der Waals surface area (Å²) in [5.41, 5.74) is 0.370. The Morgan fingerprint density at radius 1 is 1.37 bits per heavy atom. The van der Waals surface area contributed by atoms with Gasteiger partial charge in [0, 0.05) is 25.6 Å². The summed E-state index contributed by atoms with van der Waals surface area (Å²) in [4.78, 5) is 16.2. The highest BCUT2D eigenvalue weighted by Crippen LogP contribution is 2.27. The standard InChI is InChI=1S/C14H23NO4/c1-9(8-17-5)7-10-15-12(14(2,3)4)11(19-10)13(16)18-6/h9H,7-8H2,1-6H3. The van der Waals surface area contributed by atoms with E-state index in [1.807, 2.05) is 27.7 Å². The molecule has 1 aromatic rings. The third kappa shape index (κ3) is 4.06. The third-order valence-corrected chi connectivity index (χ3v) is 2.73. The monoisotopic (exact) mass is 269 g/mol. The number of methoxy groups -OCH3 is 2. The van der Waals surface area contributed by atoms with E-state index in [1.54, 1.807) is 7.11 Å². The summed E-state index contributed by atoms with van der Waals surface area (Å²) in [6, 6.07) is 0. The van der Waals surface area contributed by atoms with Crippen LogP contribution in [0.5, 0.6) is 0 Å². The van der Waals surface area contributed by atoms with Gasteiger partial charge in [0.25, 0.3) is 0 Å². The zero-order valence-corrected chi connectivity index (χ0v) is 12.6. The fourth-order valence-electron chi connectivity index (χ4n) is 1.83. The van der Waals surface area contributed by atoms with Gasteiger partial charge in [-0.15, -0.1) is 0 Å². The summed E-state index contributed by atoms with van der Waals surface area (Å²) in [6.07, 6.45) is 0.633. The van der Waals surface area contributed by atoms with Crippen LogP contribution in [0.25, 0.3) is 0 Å². The molecule has 5 nitrogen and oxygen atoms in total. The minimum atomic E-state index is -0.483. The number of esters is 1. The molecule has 108 valence electrons. The first-order valence-corrected chi connectivity index (χ1v) is 6.37. The van der Waals surface area contributed by atoms with Gasteiger partial charge in [-0.05, 0) is 5.92 Å². The Morgan fingerprint density at radius 2 is 2.00 bits per heavy atom. The second-order valence-electron chi connectivity index (χ2n) is 5.79. The van der Waals surface area contributed by atoms with Crippen LogP contribution in [0.2, 0.25) is 0 Å². The van der Waals surface area contributed by atoms with Gasteiger partial charge >= 0.3 is 5.97 Å². The largest absolute Gasteiger partial charge is 0.463 e. The maximum absolute atomic E-state index is 11.7. The van der Waals surface area contributed by atoms with E-state index in [9.17, 15) is 4.79 Å². The predicted octanol–water partition coefficient (Wildman–Crippen LogP) is 2.58. The number of ether oxygens (including phenoxy) is 2. The van der Waals surface area contributed by atoms with Crippen molar-refractivity contribution in [3.8, 4) is 0 Å². The maximum atomic E-state index is 11.7. The van der Waals surface area contributed by atoms with Crippen molar-refractivity contribution in [1.82, 2.24) is 4.98 Å². The van der Waals surface area contributed by atoms with Crippen molar-refractivity contribution < 1.29 is 18.7 Å². The van der Waals surface area contributed by atoms with Gasteiger partial charge in [-0.2, -0.15) is 0 Å². The Balaban J connectivity index is 3.04. The SMILES string of the molecule is COCC(C)Cc1nc(C(C)(C)C)c(C(=O)OC)o1. The first-order valence-electron chi connectivity index (χ1n) is 6.37. The fourth-order valence-corrected chi connectivity index (χ4v) is 1.83. The molecule has 1 rings (SSSR count).